The first-order valence-electron chi connectivity index (χ1n) is 6.01. The summed E-state index contributed by atoms with van der Waals surface area (Å²) in [6, 6.07) is 3.52. The number of hydrogen-bond acceptors (Lipinski definition) is 6. The molecule has 108 valence electrons. The Morgan fingerprint density at radius 3 is 3.05 bits per heavy atom. The monoisotopic (exact) mass is 322 g/mol. The summed E-state index contributed by atoms with van der Waals surface area (Å²) < 4.78 is 5.31. The molecule has 1 atom stereocenters. The third-order valence-corrected chi connectivity index (χ3v) is 4.69. The van der Waals surface area contributed by atoms with Crippen molar-refractivity contribution >= 4 is 39.3 Å². The van der Waals surface area contributed by atoms with Gasteiger partial charge in [-0.1, -0.05) is 11.8 Å². The first kappa shape index (κ1) is 13.9. The lowest BCUT2D eigenvalue weighted by Gasteiger charge is -2.04. The summed E-state index contributed by atoms with van der Waals surface area (Å²) in [5, 5.41) is 10.8. The van der Waals surface area contributed by atoms with Crippen LogP contribution >= 0.6 is 23.1 Å². The highest BCUT2D eigenvalue weighted by Gasteiger charge is 2.18. The van der Waals surface area contributed by atoms with Crippen LogP contribution in [0.2, 0.25) is 0 Å². The average Bonchev–Trinajstić information content (AvgIpc) is 3.06. The van der Waals surface area contributed by atoms with Crippen molar-refractivity contribution in [2.45, 2.75) is 17.3 Å². The third kappa shape index (κ3) is 2.59. The smallest absolute Gasteiger partial charge is 0.316 e. The number of furan rings is 1. The lowest BCUT2D eigenvalue weighted by atomic mass is 10.2. The van der Waals surface area contributed by atoms with E-state index in [1.807, 2.05) is 0 Å². The molecule has 0 aliphatic rings. The van der Waals surface area contributed by atoms with Crippen LogP contribution in [0.15, 0.2) is 38.1 Å². The number of hydrogen-bond donors (Lipinski definition) is 2. The summed E-state index contributed by atoms with van der Waals surface area (Å²) >= 11 is 2.33. The Kier molecular flexibility index (Phi) is 3.56. The highest BCUT2D eigenvalue weighted by molar-refractivity contribution is 8.00. The number of carbonyl (C=O) groups is 1. The predicted octanol–water partition coefficient (Wildman–Crippen LogP) is 2.81. The highest BCUT2D eigenvalue weighted by atomic mass is 32.2. The van der Waals surface area contributed by atoms with E-state index in [-0.39, 0.29) is 5.56 Å². The summed E-state index contributed by atoms with van der Waals surface area (Å²) in [6.07, 6.45) is 1.54. The maximum Gasteiger partial charge on any atom is 0.316 e. The van der Waals surface area contributed by atoms with Gasteiger partial charge in [-0.25, -0.2) is 4.98 Å². The van der Waals surface area contributed by atoms with Gasteiger partial charge in [0.2, 0.25) is 0 Å². The van der Waals surface area contributed by atoms with Crippen molar-refractivity contribution in [2.75, 3.05) is 0 Å². The molecule has 0 aliphatic heterocycles. The Balaban J connectivity index is 2.07. The van der Waals surface area contributed by atoms with Crippen LogP contribution in [0.3, 0.4) is 0 Å². The molecule has 2 N–H and O–H groups in total. The molecule has 0 aromatic carbocycles. The fourth-order valence-corrected chi connectivity index (χ4v) is 3.53. The van der Waals surface area contributed by atoms with Gasteiger partial charge in [0.25, 0.3) is 5.56 Å². The Morgan fingerprint density at radius 1 is 1.57 bits per heavy atom. The topological polar surface area (TPSA) is 96.2 Å². The Morgan fingerprint density at radius 2 is 2.38 bits per heavy atom. The molecule has 0 fully saturated rings. The average molecular weight is 322 g/mol. The summed E-state index contributed by atoms with van der Waals surface area (Å²) in [5.74, 6) is -0.349. The fraction of sp³-hybridized carbons (Fsp3) is 0.154. The van der Waals surface area contributed by atoms with Gasteiger partial charge in [0.15, 0.2) is 5.16 Å². The largest absolute Gasteiger partial charge is 0.480 e. The minimum atomic E-state index is -0.954. The number of thiophene rings is 1. The molecule has 0 radical (unpaired) electrons. The molecule has 0 aliphatic carbocycles. The lowest BCUT2D eigenvalue weighted by Crippen LogP contribution is -2.14. The number of fused-ring (bicyclic) bond motifs is 1. The van der Waals surface area contributed by atoms with E-state index in [1.54, 1.807) is 30.7 Å². The van der Waals surface area contributed by atoms with E-state index in [0.717, 1.165) is 11.8 Å². The minimum absolute atomic E-state index is 0.298. The van der Waals surface area contributed by atoms with Crippen molar-refractivity contribution in [1.82, 2.24) is 9.97 Å². The van der Waals surface area contributed by atoms with Crippen LogP contribution in [0.5, 0.6) is 0 Å². The zero-order valence-corrected chi connectivity index (χ0v) is 12.5. The molecule has 3 heterocycles. The zero-order valence-electron chi connectivity index (χ0n) is 10.8. The SMILES string of the molecule is CC(Sc1nc2scc(-c3ccco3)c2c(=O)[nH]1)C(=O)O. The van der Waals surface area contributed by atoms with Gasteiger partial charge in [-0.2, -0.15) is 0 Å². The second-order valence-electron chi connectivity index (χ2n) is 4.28. The number of H-pyrrole nitrogens is 1. The van der Waals surface area contributed by atoms with Crippen LogP contribution < -0.4 is 5.56 Å². The highest BCUT2D eigenvalue weighted by Crippen LogP contribution is 2.32. The maximum absolute atomic E-state index is 12.2. The van der Waals surface area contributed by atoms with Gasteiger partial charge in [-0.3, -0.25) is 9.59 Å². The van der Waals surface area contributed by atoms with Crippen LogP contribution in [-0.2, 0) is 4.79 Å². The van der Waals surface area contributed by atoms with E-state index in [1.165, 1.54) is 11.3 Å². The van der Waals surface area contributed by atoms with Crippen molar-refractivity contribution < 1.29 is 14.3 Å². The molecular weight excluding hydrogens is 312 g/mol. The number of thioether (sulfide) groups is 1. The molecule has 0 bridgehead atoms. The number of rotatable bonds is 4. The van der Waals surface area contributed by atoms with Crippen LogP contribution in [0.4, 0.5) is 0 Å². The first-order valence-corrected chi connectivity index (χ1v) is 7.77. The summed E-state index contributed by atoms with van der Waals surface area (Å²) in [4.78, 5) is 30.6. The molecule has 3 rings (SSSR count). The van der Waals surface area contributed by atoms with E-state index in [9.17, 15) is 9.59 Å². The maximum atomic E-state index is 12.2. The second-order valence-corrected chi connectivity index (χ2v) is 6.46. The van der Waals surface area contributed by atoms with E-state index < -0.39 is 11.2 Å². The number of aromatic nitrogens is 2. The van der Waals surface area contributed by atoms with E-state index in [2.05, 4.69) is 9.97 Å². The molecule has 3 aromatic heterocycles. The van der Waals surface area contributed by atoms with Gasteiger partial charge >= 0.3 is 5.97 Å². The van der Waals surface area contributed by atoms with E-state index >= 15 is 0 Å². The van der Waals surface area contributed by atoms with Crippen molar-refractivity contribution in [1.29, 1.82) is 0 Å². The van der Waals surface area contributed by atoms with Gasteiger partial charge in [0, 0.05) is 10.9 Å². The van der Waals surface area contributed by atoms with Gasteiger partial charge < -0.3 is 14.5 Å². The Labute approximate surface area is 126 Å². The van der Waals surface area contributed by atoms with Gasteiger partial charge in [0.1, 0.15) is 15.8 Å². The number of carboxylic acid groups (broad SMARTS) is 1. The molecule has 21 heavy (non-hydrogen) atoms. The van der Waals surface area contributed by atoms with Crippen molar-refractivity contribution in [2.24, 2.45) is 0 Å². The fourth-order valence-electron chi connectivity index (χ4n) is 1.82. The Hall–Kier alpha value is -2.06. The number of nitrogens with one attached hydrogen (secondary N) is 1. The molecule has 0 saturated heterocycles. The summed E-state index contributed by atoms with van der Waals surface area (Å²) in [7, 11) is 0. The van der Waals surface area contributed by atoms with Crippen molar-refractivity contribution in [3.05, 3.63) is 34.1 Å². The Bertz CT molecular complexity index is 851. The van der Waals surface area contributed by atoms with Crippen LogP contribution in [0.1, 0.15) is 6.92 Å². The van der Waals surface area contributed by atoms with E-state index in [0.29, 0.717) is 26.7 Å². The quantitative estimate of drug-likeness (QED) is 0.566. The van der Waals surface area contributed by atoms with Crippen LogP contribution in [0.25, 0.3) is 21.5 Å². The normalized spacial score (nSPS) is 12.6. The van der Waals surface area contributed by atoms with Gasteiger partial charge in [0.05, 0.1) is 11.6 Å². The standard InChI is InChI=1S/C13H10N2O4S2/c1-6(12(17)18)21-13-14-10(16)9-7(5-20-11(9)15-13)8-3-2-4-19-8/h2-6H,1H3,(H,17,18)(H,14,15,16). The second kappa shape index (κ2) is 5.38. The molecule has 8 heteroatoms. The minimum Gasteiger partial charge on any atom is -0.480 e. The third-order valence-electron chi connectivity index (χ3n) is 2.85. The van der Waals surface area contributed by atoms with Crippen LogP contribution in [-0.4, -0.2) is 26.3 Å². The molecular formula is C13H10N2O4S2. The number of aliphatic carboxylic acids is 1. The zero-order chi connectivity index (χ0) is 15.0. The predicted molar refractivity (Wildman–Crippen MR) is 80.9 cm³/mol. The molecule has 1 unspecified atom stereocenters. The lowest BCUT2D eigenvalue weighted by molar-refractivity contribution is -0.136. The van der Waals surface area contributed by atoms with Gasteiger partial charge in [-0.15, -0.1) is 11.3 Å². The molecule has 3 aromatic rings. The molecule has 0 amide bonds. The number of nitrogens with zero attached hydrogens (tertiary/aromatic N) is 1. The van der Waals surface area contributed by atoms with Crippen molar-refractivity contribution in [3.63, 3.8) is 0 Å². The number of aromatic amines is 1. The molecule has 0 spiro atoms. The number of carboxylic acids is 1. The van der Waals surface area contributed by atoms with Crippen molar-refractivity contribution in [3.8, 4) is 11.3 Å². The van der Waals surface area contributed by atoms with Crippen LogP contribution in [0, 0.1) is 0 Å². The molecule has 0 saturated carbocycles. The summed E-state index contributed by atoms with van der Waals surface area (Å²) in [6.45, 7) is 1.54. The first-order chi connectivity index (χ1) is 10.1. The van der Waals surface area contributed by atoms with E-state index in [4.69, 9.17) is 9.52 Å². The summed E-state index contributed by atoms with van der Waals surface area (Å²) in [5.41, 5.74) is 0.393. The molecule has 6 nitrogen and oxygen atoms in total. The van der Waals surface area contributed by atoms with Gasteiger partial charge in [-0.05, 0) is 19.1 Å².